The number of nitriles is 1. The summed E-state index contributed by atoms with van der Waals surface area (Å²) in [5, 5.41) is 10.6. The van der Waals surface area contributed by atoms with E-state index in [-0.39, 0.29) is 30.5 Å². The van der Waals surface area contributed by atoms with Gasteiger partial charge in [-0.25, -0.2) is 4.79 Å². The van der Waals surface area contributed by atoms with Crippen molar-refractivity contribution in [2.75, 3.05) is 42.1 Å². The molecule has 3 aliphatic heterocycles. The van der Waals surface area contributed by atoms with Crippen molar-refractivity contribution in [1.82, 2.24) is 9.80 Å². The van der Waals surface area contributed by atoms with Crippen molar-refractivity contribution in [3.63, 3.8) is 0 Å². The Balaban J connectivity index is 1.49. The Morgan fingerprint density at radius 1 is 0.927 bits per heavy atom. The second-order valence-electron chi connectivity index (χ2n) is 10.6. The van der Waals surface area contributed by atoms with E-state index in [9.17, 15) is 10.1 Å². The van der Waals surface area contributed by atoms with Crippen molar-refractivity contribution in [2.45, 2.75) is 43.1 Å². The van der Waals surface area contributed by atoms with E-state index >= 15 is 0 Å². The summed E-state index contributed by atoms with van der Waals surface area (Å²) in [7, 11) is 8.57. The van der Waals surface area contributed by atoms with Gasteiger partial charge in [0.25, 0.3) is 0 Å². The molecule has 1 saturated heterocycles. The van der Waals surface area contributed by atoms with E-state index in [4.69, 9.17) is 28.1 Å². The van der Waals surface area contributed by atoms with Crippen molar-refractivity contribution >= 4 is 5.97 Å². The third kappa shape index (κ3) is 4.28. The predicted octanol–water partition coefficient (Wildman–Crippen LogP) is 3.94. The Kier molecular flexibility index (Phi) is 7.01. The van der Waals surface area contributed by atoms with Crippen LogP contribution in [0.3, 0.4) is 0 Å². The van der Waals surface area contributed by atoms with E-state index in [0.29, 0.717) is 35.8 Å². The van der Waals surface area contributed by atoms with Crippen molar-refractivity contribution in [3.8, 4) is 29.1 Å². The summed E-state index contributed by atoms with van der Waals surface area (Å²) in [6.45, 7) is 0.0403. The van der Waals surface area contributed by atoms with Gasteiger partial charge in [-0.05, 0) is 78.5 Å². The molecule has 0 unspecified atom stereocenters. The summed E-state index contributed by atoms with van der Waals surface area (Å²) < 4.78 is 33.7. The zero-order valence-electron chi connectivity index (χ0n) is 23.7. The van der Waals surface area contributed by atoms with Crippen LogP contribution in [0.5, 0.6) is 23.0 Å². The SMILES string of the molecule is COc1cc2c(cc1OC)[C@@H]1[C@@H]3Cc4cc(OC)c(OC)cc4[C@H](COC(=O)c4ccco4)N3[C@@H](C#N)[C@H](C2)N1C. The number of benzene rings is 2. The van der Waals surface area contributed by atoms with Gasteiger partial charge < -0.3 is 28.1 Å². The number of hydrogen-bond acceptors (Lipinski definition) is 10. The fraction of sp³-hybridized carbons (Fsp3) is 0.419. The van der Waals surface area contributed by atoms with E-state index in [1.54, 1.807) is 40.6 Å². The summed E-state index contributed by atoms with van der Waals surface area (Å²) in [5.74, 6) is 2.12. The summed E-state index contributed by atoms with van der Waals surface area (Å²) in [4.78, 5) is 17.4. The molecule has 6 rings (SSSR count). The second kappa shape index (κ2) is 10.7. The molecule has 0 amide bonds. The normalized spacial score (nSPS) is 24.7. The third-order valence-corrected chi connectivity index (χ3v) is 8.81. The van der Waals surface area contributed by atoms with E-state index in [2.05, 4.69) is 29.0 Å². The van der Waals surface area contributed by atoms with Crippen molar-refractivity contribution in [2.24, 2.45) is 0 Å². The molecule has 214 valence electrons. The van der Waals surface area contributed by atoms with E-state index in [0.717, 1.165) is 22.3 Å². The lowest BCUT2D eigenvalue weighted by Crippen LogP contribution is -2.68. The monoisotopic (exact) mass is 559 g/mol. The maximum atomic E-state index is 12.9. The molecule has 0 aliphatic carbocycles. The number of furan rings is 1. The molecule has 0 N–H and O–H groups in total. The number of carbonyl (C=O) groups is 1. The van der Waals surface area contributed by atoms with Crippen molar-refractivity contribution in [1.29, 1.82) is 5.26 Å². The molecule has 10 heteroatoms. The molecule has 3 aliphatic rings. The number of rotatable bonds is 7. The molecule has 5 atom stereocenters. The average Bonchev–Trinajstić information content (AvgIpc) is 3.54. The van der Waals surface area contributed by atoms with E-state index in [1.807, 2.05) is 18.2 Å². The van der Waals surface area contributed by atoms with Crippen LogP contribution in [0.1, 0.15) is 44.9 Å². The maximum Gasteiger partial charge on any atom is 0.374 e. The van der Waals surface area contributed by atoms with Gasteiger partial charge in [0, 0.05) is 12.1 Å². The lowest BCUT2D eigenvalue weighted by Gasteiger charge is -2.59. The van der Waals surface area contributed by atoms with Gasteiger partial charge in [0.15, 0.2) is 23.0 Å². The Hall–Kier alpha value is -4.20. The molecule has 41 heavy (non-hydrogen) atoms. The Morgan fingerprint density at radius 3 is 2.10 bits per heavy atom. The molecule has 1 fully saturated rings. The van der Waals surface area contributed by atoms with Gasteiger partial charge >= 0.3 is 5.97 Å². The number of ether oxygens (including phenoxy) is 5. The molecule has 3 aromatic rings. The summed E-state index contributed by atoms with van der Waals surface area (Å²) in [5.41, 5.74) is 4.29. The average molecular weight is 560 g/mol. The minimum atomic E-state index is -0.552. The zero-order valence-corrected chi connectivity index (χ0v) is 23.7. The van der Waals surface area contributed by atoms with Crippen LogP contribution in [0.4, 0.5) is 0 Å². The summed E-state index contributed by atoms with van der Waals surface area (Å²) in [6, 6.07) is 12.8. The second-order valence-corrected chi connectivity index (χ2v) is 10.6. The standard InChI is InChI=1S/C31H33N3O7/c1-33-21-9-18-12-27(37-3)29(39-5)14-20(18)30(33)22-10-17-11-26(36-2)28(38-4)13-19(17)24(34(22)23(21)15-32)16-41-31(35)25-7-6-8-40-25/h6-8,11-14,21-24,30H,9-10,16H2,1-5H3/t21-,22-,23-,24-,30+/m0/s1. The first-order valence-corrected chi connectivity index (χ1v) is 13.5. The highest BCUT2D eigenvalue weighted by Crippen LogP contribution is 2.52. The molecular formula is C31H33N3O7. The first kappa shape index (κ1) is 27.0. The van der Waals surface area contributed by atoms with Gasteiger partial charge in [-0.3, -0.25) is 9.80 Å². The summed E-state index contributed by atoms with van der Waals surface area (Å²) in [6.07, 6.45) is 2.77. The topological polar surface area (TPSA) is 107 Å². The molecule has 2 aromatic carbocycles. The smallest absolute Gasteiger partial charge is 0.374 e. The van der Waals surface area contributed by atoms with Crippen LogP contribution in [0.25, 0.3) is 0 Å². The quantitative estimate of drug-likeness (QED) is 0.395. The number of methoxy groups -OCH3 is 4. The largest absolute Gasteiger partial charge is 0.493 e. The van der Waals surface area contributed by atoms with Crippen LogP contribution < -0.4 is 18.9 Å². The fourth-order valence-electron chi connectivity index (χ4n) is 6.97. The van der Waals surface area contributed by atoms with Gasteiger partial charge in [-0.2, -0.15) is 5.26 Å². The first-order chi connectivity index (χ1) is 19.9. The Labute approximate surface area is 238 Å². The lowest BCUT2D eigenvalue weighted by atomic mass is 9.72. The fourth-order valence-corrected chi connectivity index (χ4v) is 6.97. The number of esters is 1. The van der Waals surface area contributed by atoms with Crippen LogP contribution in [0.15, 0.2) is 47.1 Å². The lowest BCUT2D eigenvalue weighted by molar-refractivity contribution is -0.0834. The number of fused-ring (bicyclic) bond motifs is 7. The third-order valence-electron chi connectivity index (χ3n) is 8.81. The van der Waals surface area contributed by atoms with E-state index < -0.39 is 18.1 Å². The molecule has 0 spiro atoms. The van der Waals surface area contributed by atoms with Crippen LogP contribution in [0, 0.1) is 11.3 Å². The van der Waals surface area contributed by atoms with Gasteiger partial charge in [0.05, 0.1) is 52.9 Å². The zero-order chi connectivity index (χ0) is 28.8. The first-order valence-electron chi connectivity index (χ1n) is 13.5. The number of likely N-dealkylation sites (N-methyl/N-ethyl adjacent to an activating group) is 1. The molecule has 0 radical (unpaired) electrons. The Bertz CT molecular complexity index is 1500. The highest BCUT2D eigenvalue weighted by molar-refractivity contribution is 5.86. The number of hydrogen-bond donors (Lipinski definition) is 0. The molecule has 1 aromatic heterocycles. The number of nitrogens with zero attached hydrogens (tertiary/aromatic N) is 3. The van der Waals surface area contributed by atoms with E-state index in [1.165, 1.54) is 6.26 Å². The van der Waals surface area contributed by atoms with Crippen LogP contribution in [0.2, 0.25) is 0 Å². The van der Waals surface area contributed by atoms with Crippen molar-refractivity contribution in [3.05, 3.63) is 70.7 Å². The van der Waals surface area contributed by atoms with Gasteiger partial charge in [-0.1, -0.05) is 0 Å². The minimum absolute atomic E-state index is 0.0403. The van der Waals surface area contributed by atoms with Crippen molar-refractivity contribution < 1.29 is 32.9 Å². The number of piperazine rings is 1. The Morgan fingerprint density at radius 2 is 1.51 bits per heavy atom. The maximum absolute atomic E-state index is 12.9. The highest BCUT2D eigenvalue weighted by Gasteiger charge is 2.54. The van der Waals surface area contributed by atoms with Crippen LogP contribution in [-0.2, 0) is 17.6 Å². The van der Waals surface area contributed by atoms with Gasteiger partial charge in [0.2, 0.25) is 5.76 Å². The molecular weight excluding hydrogens is 526 g/mol. The molecule has 2 bridgehead atoms. The van der Waals surface area contributed by atoms with Gasteiger partial charge in [0.1, 0.15) is 12.6 Å². The van der Waals surface area contributed by atoms with Crippen LogP contribution in [-0.4, -0.2) is 76.0 Å². The predicted molar refractivity (Wildman–Crippen MR) is 148 cm³/mol. The molecule has 10 nitrogen and oxygen atoms in total. The van der Waals surface area contributed by atoms with Crippen LogP contribution >= 0.6 is 0 Å². The number of carbonyl (C=O) groups excluding carboxylic acids is 1. The molecule has 4 heterocycles. The summed E-state index contributed by atoms with van der Waals surface area (Å²) >= 11 is 0. The highest BCUT2D eigenvalue weighted by atomic mass is 16.5. The minimum Gasteiger partial charge on any atom is -0.493 e. The van der Waals surface area contributed by atoms with Gasteiger partial charge in [-0.15, -0.1) is 0 Å². The molecule has 0 saturated carbocycles.